The van der Waals surface area contributed by atoms with Crippen LogP contribution in [0.25, 0.3) is 0 Å². The summed E-state index contributed by atoms with van der Waals surface area (Å²) in [6, 6.07) is 3.82. The van der Waals surface area contributed by atoms with Crippen LogP contribution in [0.15, 0.2) is 18.2 Å². The number of carbonyl (C=O) groups excluding carboxylic acids is 2. The maximum Gasteiger partial charge on any atom is 0.471 e. The number of carbonyl (C=O) groups is 2. The molecule has 0 saturated heterocycles. The van der Waals surface area contributed by atoms with Gasteiger partial charge in [0.1, 0.15) is 5.75 Å². The molecule has 0 unspecified atom stereocenters. The van der Waals surface area contributed by atoms with E-state index in [-0.39, 0.29) is 30.3 Å². The van der Waals surface area contributed by atoms with Crippen LogP contribution in [0.1, 0.15) is 6.42 Å². The van der Waals surface area contributed by atoms with Gasteiger partial charge in [-0.3, -0.25) is 9.59 Å². The summed E-state index contributed by atoms with van der Waals surface area (Å²) in [5, 5.41) is 4.18. The van der Waals surface area contributed by atoms with Crippen molar-refractivity contribution in [1.82, 2.24) is 0 Å². The predicted octanol–water partition coefficient (Wildman–Crippen LogP) is 1.48. The van der Waals surface area contributed by atoms with Crippen molar-refractivity contribution in [2.45, 2.75) is 12.6 Å². The molecule has 0 aliphatic heterocycles. The molecule has 6 nitrogen and oxygen atoms in total. The second-order valence-corrected chi connectivity index (χ2v) is 3.95. The Bertz CT molecular complexity index is 532. The zero-order valence-electron chi connectivity index (χ0n) is 11.1. The Morgan fingerprint density at radius 2 is 1.95 bits per heavy atom. The highest BCUT2D eigenvalue weighted by atomic mass is 19.4. The average molecular weight is 305 g/mol. The number of nitrogens with one attached hydrogen (secondary N) is 2. The molecule has 0 aromatic heterocycles. The summed E-state index contributed by atoms with van der Waals surface area (Å²) in [5.74, 6) is -2.47. The van der Waals surface area contributed by atoms with Gasteiger partial charge in [-0.05, 0) is 12.1 Å². The zero-order valence-corrected chi connectivity index (χ0v) is 11.1. The van der Waals surface area contributed by atoms with Crippen molar-refractivity contribution in [3.8, 4) is 5.75 Å². The first-order valence-electron chi connectivity index (χ1n) is 5.84. The van der Waals surface area contributed by atoms with Crippen molar-refractivity contribution < 1.29 is 27.5 Å². The average Bonchev–Trinajstić information content (AvgIpc) is 2.39. The third-order valence-corrected chi connectivity index (χ3v) is 2.36. The third kappa shape index (κ3) is 4.95. The number of rotatable bonds is 5. The second-order valence-electron chi connectivity index (χ2n) is 3.95. The van der Waals surface area contributed by atoms with E-state index in [2.05, 4.69) is 5.32 Å². The summed E-state index contributed by atoms with van der Waals surface area (Å²) in [4.78, 5) is 22.2. The lowest BCUT2D eigenvalue weighted by molar-refractivity contribution is -0.167. The van der Waals surface area contributed by atoms with Crippen molar-refractivity contribution in [2.75, 3.05) is 24.3 Å². The summed E-state index contributed by atoms with van der Waals surface area (Å²) in [7, 11) is 1.23. The first-order chi connectivity index (χ1) is 9.77. The molecule has 0 radical (unpaired) electrons. The molecule has 0 aliphatic carbocycles. The van der Waals surface area contributed by atoms with Gasteiger partial charge in [-0.2, -0.15) is 13.2 Å². The van der Waals surface area contributed by atoms with E-state index in [1.807, 2.05) is 0 Å². The molecular weight excluding hydrogens is 291 g/mol. The highest BCUT2D eigenvalue weighted by molar-refractivity contribution is 5.97. The number of halogens is 3. The molecule has 21 heavy (non-hydrogen) atoms. The predicted molar refractivity (Wildman–Crippen MR) is 70.0 cm³/mol. The minimum atomic E-state index is -5.00. The molecule has 0 bridgehead atoms. The van der Waals surface area contributed by atoms with Crippen molar-refractivity contribution in [2.24, 2.45) is 5.73 Å². The van der Waals surface area contributed by atoms with E-state index in [1.54, 1.807) is 5.32 Å². The smallest absolute Gasteiger partial charge is 0.471 e. The summed E-state index contributed by atoms with van der Waals surface area (Å²) >= 11 is 0. The minimum Gasteiger partial charge on any atom is -0.494 e. The lowest BCUT2D eigenvalue weighted by atomic mass is 10.2. The number of methoxy groups -OCH3 is 1. The number of ether oxygens (including phenoxy) is 1. The molecule has 2 amide bonds. The molecule has 4 N–H and O–H groups in total. The van der Waals surface area contributed by atoms with Gasteiger partial charge >= 0.3 is 12.1 Å². The van der Waals surface area contributed by atoms with Crippen molar-refractivity contribution >= 4 is 23.2 Å². The standard InChI is InChI=1S/C12H14F3N3O3/c1-21-9-6-7(17-10(19)4-5-16)2-3-8(9)18-11(20)12(13,14)15/h2-3,6H,4-5,16H2,1H3,(H,17,19)(H,18,20). The van der Waals surface area contributed by atoms with Gasteiger partial charge in [0.2, 0.25) is 5.91 Å². The number of nitrogens with two attached hydrogens (primary N) is 1. The van der Waals surface area contributed by atoms with Crippen LogP contribution in [-0.4, -0.2) is 31.6 Å². The van der Waals surface area contributed by atoms with Crippen molar-refractivity contribution in [3.63, 3.8) is 0 Å². The van der Waals surface area contributed by atoms with Crippen molar-refractivity contribution in [3.05, 3.63) is 18.2 Å². The Kier molecular flexibility index (Phi) is 5.53. The normalized spacial score (nSPS) is 10.9. The van der Waals surface area contributed by atoms with Crippen LogP contribution in [0, 0.1) is 0 Å². The summed E-state index contributed by atoms with van der Waals surface area (Å²) in [6.45, 7) is 0.169. The van der Waals surface area contributed by atoms with Crippen LogP contribution in [0.3, 0.4) is 0 Å². The Labute approximate surface area is 118 Å². The summed E-state index contributed by atoms with van der Waals surface area (Å²) < 4.78 is 41.4. The highest BCUT2D eigenvalue weighted by Gasteiger charge is 2.39. The molecule has 0 aliphatic rings. The molecule has 0 spiro atoms. The van der Waals surface area contributed by atoms with Gasteiger partial charge in [0, 0.05) is 24.7 Å². The Hall–Kier alpha value is -2.29. The van der Waals surface area contributed by atoms with Crippen LogP contribution in [0.2, 0.25) is 0 Å². The van der Waals surface area contributed by atoms with Gasteiger partial charge < -0.3 is 21.1 Å². The molecule has 116 valence electrons. The Balaban J connectivity index is 2.89. The maximum absolute atomic E-state index is 12.2. The van der Waals surface area contributed by atoms with Gasteiger partial charge in [0.15, 0.2) is 0 Å². The van der Waals surface area contributed by atoms with E-state index in [1.165, 1.54) is 25.3 Å². The molecule has 9 heteroatoms. The van der Waals surface area contributed by atoms with Crippen molar-refractivity contribution in [1.29, 1.82) is 0 Å². The van der Waals surface area contributed by atoms with Crippen LogP contribution < -0.4 is 21.1 Å². The van der Waals surface area contributed by atoms with Crippen LogP contribution >= 0.6 is 0 Å². The monoisotopic (exact) mass is 305 g/mol. The van der Waals surface area contributed by atoms with Crippen LogP contribution in [0.5, 0.6) is 5.75 Å². The second kappa shape index (κ2) is 6.93. The van der Waals surface area contributed by atoms with E-state index in [0.29, 0.717) is 5.69 Å². The number of amides is 2. The topological polar surface area (TPSA) is 93.4 Å². The van der Waals surface area contributed by atoms with E-state index in [0.717, 1.165) is 0 Å². The molecule has 1 rings (SSSR count). The van der Waals surface area contributed by atoms with Gasteiger partial charge in [-0.25, -0.2) is 0 Å². The van der Waals surface area contributed by atoms with E-state index in [9.17, 15) is 22.8 Å². The molecule has 0 fully saturated rings. The van der Waals surface area contributed by atoms with Gasteiger partial charge in [-0.15, -0.1) is 0 Å². The number of hydrogen-bond acceptors (Lipinski definition) is 4. The summed E-state index contributed by atoms with van der Waals surface area (Å²) in [6.07, 6.45) is -4.89. The SMILES string of the molecule is COc1cc(NC(=O)CCN)ccc1NC(=O)C(F)(F)F. The largest absolute Gasteiger partial charge is 0.494 e. The zero-order chi connectivity index (χ0) is 16.0. The fourth-order valence-corrected chi connectivity index (χ4v) is 1.42. The maximum atomic E-state index is 12.2. The third-order valence-electron chi connectivity index (χ3n) is 2.36. The molecule has 1 aromatic carbocycles. The Morgan fingerprint density at radius 3 is 2.48 bits per heavy atom. The number of benzene rings is 1. The molecular formula is C12H14F3N3O3. The van der Waals surface area contributed by atoms with Crippen LogP contribution in [0.4, 0.5) is 24.5 Å². The molecule has 0 heterocycles. The fraction of sp³-hybridized carbons (Fsp3) is 0.333. The number of alkyl halides is 3. The first-order valence-corrected chi connectivity index (χ1v) is 5.84. The molecule has 0 saturated carbocycles. The number of anilines is 2. The molecule has 1 aromatic rings. The highest BCUT2D eigenvalue weighted by Crippen LogP contribution is 2.29. The van der Waals surface area contributed by atoms with Gasteiger partial charge in [0.05, 0.1) is 12.8 Å². The first kappa shape index (κ1) is 16.8. The van der Waals surface area contributed by atoms with E-state index >= 15 is 0 Å². The summed E-state index contributed by atoms with van der Waals surface area (Å²) in [5.41, 5.74) is 5.38. The minimum absolute atomic E-state index is 0.0156. The van der Waals surface area contributed by atoms with Crippen LogP contribution in [-0.2, 0) is 9.59 Å². The quantitative estimate of drug-likeness (QED) is 0.768. The van der Waals surface area contributed by atoms with Gasteiger partial charge in [0.25, 0.3) is 0 Å². The fourth-order valence-electron chi connectivity index (χ4n) is 1.42. The lowest BCUT2D eigenvalue weighted by Crippen LogP contribution is -2.30. The van der Waals surface area contributed by atoms with Gasteiger partial charge in [-0.1, -0.05) is 0 Å². The van der Waals surface area contributed by atoms with E-state index in [4.69, 9.17) is 10.5 Å². The Morgan fingerprint density at radius 1 is 1.29 bits per heavy atom. The lowest BCUT2D eigenvalue weighted by Gasteiger charge is -2.13. The number of hydrogen-bond donors (Lipinski definition) is 3. The molecule has 0 atom stereocenters. The van der Waals surface area contributed by atoms with E-state index < -0.39 is 12.1 Å².